The Morgan fingerprint density at radius 2 is 1.91 bits per heavy atom. The van der Waals surface area contributed by atoms with Crippen LogP contribution in [0, 0.1) is 11.8 Å². The molecule has 0 aromatic carbocycles. The third kappa shape index (κ3) is 4.23. The first kappa shape index (κ1) is 17.7. The Hall–Kier alpha value is -0.600. The molecule has 0 aromatic rings. The second-order valence-electron chi connectivity index (χ2n) is 8.00. The van der Waals surface area contributed by atoms with Crippen molar-refractivity contribution in [1.29, 1.82) is 0 Å². The van der Waals surface area contributed by atoms with Crippen LogP contribution in [-0.2, 0) is 4.74 Å². The van der Waals surface area contributed by atoms with Crippen LogP contribution in [0.5, 0.6) is 0 Å². The molecule has 1 fully saturated rings. The van der Waals surface area contributed by atoms with Gasteiger partial charge in [0.05, 0.1) is 17.8 Å². The molecule has 4 unspecified atom stereocenters. The highest BCUT2D eigenvalue weighted by Gasteiger charge is 2.43. The molecule has 0 saturated carbocycles. The van der Waals surface area contributed by atoms with Crippen LogP contribution in [0.1, 0.15) is 73.1 Å². The first-order valence-corrected chi connectivity index (χ1v) is 9.00. The monoisotopic (exact) mass is 306 g/mol. The van der Waals surface area contributed by atoms with Crippen LogP contribution in [-0.4, -0.2) is 22.9 Å². The van der Waals surface area contributed by atoms with Crippen LogP contribution in [0.2, 0.25) is 0 Å². The number of aliphatic hydroxyl groups excluding tert-OH is 1. The van der Waals surface area contributed by atoms with E-state index in [4.69, 9.17) is 4.74 Å². The number of aliphatic hydroxyl groups is 1. The molecule has 2 heterocycles. The minimum atomic E-state index is -0.397. The number of hydrogen-bond donors (Lipinski definition) is 1. The number of allylic oxidation sites excluding steroid dienone is 3. The van der Waals surface area contributed by atoms with E-state index in [1.165, 1.54) is 11.1 Å². The fourth-order valence-corrected chi connectivity index (χ4v) is 3.87. The van der Waals surface area contributed by atoms with E-state index in [-0.39, 0.29) is 12.2 Å². The number of rotatable bonds is 1. The molecule has 2 rings (SSSR count). The Bertz CT molecular complexity index is 435. The molecule has 0 amide bonds. The highest BCUT2D eigenvalue weighted by molar-refractivity contribution is 5.10. The maximum Gasteiger partial charge on any atom is 0.0920 e. The SMILES string of the molecule is CC1=CC2OC(C)(CCC2C(C)C)C(O)CCC(C)=CCC1. The topological polar surface area (TPSA) is 29.5 Å². The van der Waals surface area contributed by atoms with Gasteiger partial charge in [-0.3, -0.25) is 0 Å². The molecule has 0 spiro atoms. The molecule has 22 heavy (non-hydrogen) atoms. The summed E-state index contributed by atoms with van der Waals surface area (Å²) in [7, 11) is 0. The minimum absolute atomic E-state index is 0.151. The molecule has 0 aromatic heterocycles. The van der Waals surface area contributed by atoms with Gasteiger partial charge in [-0.1, -0.05) is 37.1 Å². The first-order valence-electron chi connectivity index (χ1n) is 9.00. The van der Waals surface area contributed by atoms with Crippen molar-refractivity contribution >= 4 is 0 Å². The maximum atomic E-state index is 10.7. The van der Waals surface area contributed by atoms with Crippen LogP contribution in [0.25, 0.3) is 0 Å². The van der Waals surface area contributed by atoms with E-state index < -0.39 is 5.60 Å². The normalized spacial score (nSPS) is 37.9. The van der Waals surface area contributed by atoms with Gasteiger partial charge in [-0.05, 0) is 71.1 Å². The first-order chi connectivity index (χ1) is 10.3. The average Bonchev–Trinajstić information content (AvgIpc) is 2.43. The van der Waals surface area contributed by atoms with Gasteiger partial charge < -0.3 is 9.84 Å². The van der Waals surface area contributed by atoms with Crippen molar-refractivity contribution in [2.75, 3.05) is 0 Å². The Kier molecular flexibility index (Phi) is 5.90. The summed E-state index contributed by atoms with van der Waals surface area (Å²) in [5.74, 6) is 1.18. The lowest BCUT2D eigenvalue weighted by Gasteiger charge is -2.46. The van der Waals surface area contributed by atoms with Crippen molar-refractivity contribution in [2.45, 2.75) is 91.0 Å². The number of fused-ring (bicyclic) bond motifs is 2. The zero-order valence-electron chi connectivity index (χ0n) is 15.1. The predicted molar refractivity (Wildman–Crippen MR) is 92.8 cm³/mol. The second kappa shape index (κ2) is 7.31. The number of hydrogen-bond acceptors (Lipinski definition) is 2. The Balaban J connectivity index is 2.28. The summed E-state index contributed by atoms with van der Waals surface area (Å²) < 4.78 is 6.49. The molecule has 2 nitrogen and oxygen atoms in total. The summed E-state index contributed by atoms with van der Waals surface area (Å²) in [5, 5.41) is 10.7. The highest BCUT2D eigenvalue weighted by atomic mass is 16.5. The van der Waals surface area contributed by atoms with Gasteiger partial charge in [0.25, 0.3) is 0 Å². The van der Waals surface area contributed by atoms with Gasteiger partial charge >= 0.3 is 0 Å². The fraction of sp³-hybridized carbons (Fsp3) is 0.800. The van der Waals surface area contributed by atoms with Gasteiger partial charge in [-0.2, -0.15) is 0 Å². The van der Waals surface area contributed by atoms with E-state index in [1.54, 1.807) is 0 Å². The van der Waals surface area contributed by atoms with Gasteiger partial charge in [0, 0.05) is 0 Å². The van der Waals surface area contributed by atoms with Crippen LogP contribution in [0.3, 0.4) is 0 Å². The molecule has 2 aliphatic rings. The minimum Gasteiger partial charge on any atom is -0.390 e. The van der Waals surface area contributed by atoms with Crippen molar-refractivity contribution in [1.82, 2.24) is 0 Å². The Labute approximate surface area is 136 Å². The average molecular weight is 306 g/mol. The lowest BCUT2D eigenvalue weighted by Crippen LogP contribution is -2.51. The van der Waals surface area contributed by atoms with Crippen molar-refractivity contribution in [3.05, 3.63) is 23.3 Å². The largest absolute Gasteiger partial charge is 0.390 e. The lowest BCUT2D eigenvalue weighted by molar-refractivity contribution is -0.183. The van der Waals surface area contributed by atoms with Crippen LogP contribution in [0.4, 0.5) is 0 Å². The van der Waals surface area contributed by atoms with E-state index in [9.17, 15) is 5.11 Å². The van der Waals surface area contributed by atoms with E-state index in [1.807, 2.05) is 0 Å². The van der Waals surface area contributed by atoms with Crippen molar-refractivity contribution in [3.8, 4) is 0 Å². The van der Waals surface area contributed by atoms with Gasteiger partial charge in [-0.15, -0.1) is 0 Å². The fourth-order valence-electron chi connectivity index (χ4n) is 3.87. The Morgan fingerprint density at radius 1 is 1.18 bits per heavy atom. The summed E-state index contributed by atoms with van der Waals surface area (Å²) in [4.78, 5) is 0. The quantitative estimate of drug-likeness (QED) is 0.689. The molecule has 2 aliphatic heterocycles. The summed E-state index contributed by atoms with van der Waals surface area (Å²) in [6, 6.07) is 0. The third-order valence-corrected chi connectivity index (χ3v) is 5.65. The molecule has 126 valence electrons. The molecule has 0 aliphatic carbocycles. The molecule has 4 atom stereocenters. The zero-order chi connectivity index (χ0) is 16.3. The summed E-state index contributed by atoms with van der Waals surface area (Å²) >= 11 is 0. The predicted octanol–water partition coefficient (Wildman–Crippen LogP) is 5.02. The molecule has 2 bridgehead atoms. The molecular weight excluding hydrogens is 272 g/mol. The Morgan fingerprint density at radius 3 is 2.59 bits per heavy atom. The number of ether oxygens (including phenoxy) is 1. The van der Waals surface area contributed by atoms with Crippen molar-refractivity contribution < 1.29 is 9.84 Å². The van der Waals surface area contributed by atoms with Crippen molar-refractivity contribution in [3.63, 3.8) is 0 Å². The van der Waals surface area contributed by atoms with E-state index >= 15 is 0 Å². The van der Waals surface area contributed by atoms with Gasteiger partial charge in [-0.25, -0.2) is 0 Å². The van der Waals surface area contributed by atoms with Gasteiger partial charge in [0.2, 0.25) is 0 Å². The van der Waals surface area contributed by atoms with Crippen LogP contribution in [0.15, 0.2) is 23.3 Å². The molecule has 1 N–H and O–H groups in total. The second-order valence-corrected chi connectivity index (χ2v) is 8.00. The third-order valence-electron chi connectivity index (χ3n) is 5.65. The maximum absolute atomic E-state index is 10.7. The van der Waals surface area contributed by atoms with Crippen molar-refractivity contribution in [2.24, 2.45) is 11.8 Å². The highest BCUT2D eigenvalue weighted by Crippen LogP contribution is 2.40. The van der Waals surface area contributed by atoms with Crippen LogP contribution < -0.4 is 0 Å². The van der Waals surface area contributed by atoms with Gasteiger partial charge in [0.1, 0.15) is 0 Å². The van der Waals surface area contributed by atoms with Crippen LogP contribution >= 0.6 is 0 Å². The smallest absolute Gasteiger partial charge is 0.0920 e. The summed E-state index contributed by atoms with van der Waals surface area (Å²) in [6.07, 6.45) is 10.5. The summed E-state index contributed by atoms with van der Waals surface area (Å²) in [6.45, 7) is 11.1. The molecule has 0 radical (unpaired) electrons. The lowest BCUT2D eigenvalue weighted by atomic mass is 9.76. The van der Waals surface area contributed by atoms with E-state index in [0.29, 0.717) is 11.8 Å². The zero-order valence-corrected chi connectivity index (χ0v) is 15.1. The summed E-state index contributed by atoms with van der Waals surface area (Å²) in [5.41, 5.74) is 2.41. The van der Waals surface area contributed by atoms with E-state index in [0.717, 1.165) is 38.5 Å². The molecule has 1 saturated heterocycles. The molecular formula is C20H34O2. The molecule has 2 heteroatoms. The van der Waals surface area contributed by atoms with Gasteiger partial charge in [0.15, 0.2) is 0 Å². The standard InChI is InChI=1S/C20H34O2/c1-14(2)17-11-12-20(5)19(21)10-9-15(3)7-6-8-16(4)13-18(17)22-20/h7,13-14,17-19,21H,6,8-12H2,1-5H3. The van der Waals surface area contributed by atoms with E-state index in [2.05, 4.69) is 46.8 Å².